The average Bonchev–Trinajstić information content (AvgIpc) is 2.51. The summed E-state index contributed by atoms with van der Waals surface area (Å²) in [7, 11) is 0. The van der Waals surface area contributed by atoms with Crippen molar-refractivity contribution in [3.8, 4) is 0 Å². The Hall–Kier alpha value is -0.560. The van der Waals surface area contributed by atoms with Crippen LogP contribution < -0.4 is 0 Å². The molecule has 0 saturated carbocycles. The molecule has 0 fully saturated rings. The van der Waals surface area contributed by atoms with Gasteiger partial charge in [-0.05, 0) is 45.4 Å². The summed E-state index contributed by atoms with van der Waals surface area (Å²) in [6.07, 6.45) is 3.19. The van der Waals surface area contributed by atoms with Crippen molar-refractivity contribution in [2.45, 2.75) is 67.9 Å². The van der Waals surface area contributed by atoms with Gasteiger partial charge in [0.05, 0.1) is 6.10 Å². The molecule has 0 saturated heterocycles. The van der Waals surface area contributed by atoms with E-state index in [-0.39, 0.29) is 16.9 Å². The van der Waals surface area contributed by atoms with Gasteiger partial charge in [-0.1, -0.05) is 50.5 Å². The van der Waals surface area contributed by atoms with Gasteiger partial charge in [0.2, 0.25) is 0 Å². The molecular weight excluding hydrogens is 220 g/mol. The maximum atomic E-state index is 9.98. The third-order valence-electron chi connectivity index (χ3n) is 5.67. The van der Waals surface area contributed by atoms with Crippen molar-refractivity contribution in [3.63, 3.8) is 0 Å². The summed E-state index contributed by atoms with van der Waals surface area (Å²) < 4.78 is 0. The summed E-state index contributed by atoms with van der Waals surface area (Å²) in [5.74, 6) is 0.579. The second kappa shape index (κ2) is 4.85. The van der Waals surface area contributed by atoms with Crippen molar-refractivity contribution in [2.24, 2.45) is 16.7 Å². The van der Waals surface area contributed by atoms with Crippen LogP contribution in [-0.2, 0) is 0 Å². The summed E-state index contributed by atoms with van der Waals surface area (Å²) in [4.78, 5) is 0. The number of hydrogen-bond acceptors (Lipinski definition) is 1. The Morgan fingerprint density at radius 1 is 1.39 bits per heavy atom. The molecule has 0 aliphatic heterocycles. The Labute approximate surface area is 113 Å². The maximum Gasteiger partial charge on any atom is 0.0600 e. The molecule has 1 rings (SSSR count). The second-order valence-corrected chi connectivity index (χ2v) is 7.10. The zero-order chi connectivity index (χ0) is 14.3. The lowest BCUT2D eigenvalue weighted by Crippen LogP contribution is -2.31. The van der Waals surface area contributed by atoms with Gasteiger partial charge < -0.3 is 5.11 Å². The second-order valence-electron chi connectivity index (χ2n) is 7.10. The molecule has 1 heteroatoms. The fourth-order valence-electron chi connectivity index (χ4n) is 2.93. The normalized spacial score (nSPS) is 26.7. The Bertz CT molecular complexity index is 380. The number of aliphatic hydroxyl groups excluding tert-OH is 1. The quantitative estimate of drug-likeness (QED) is 0.718. The van der Waals surface area contributed by atoms with E-state index in [9.17, 15) is 5.11 Å². The molecule has 104 valence electrons. The molecule has 1 aliphatic carbocycles. The van der Waals surface area contributed by atoms with Gasteiger partial charge in [-0.3, -0.25) is 0 Å². The zero-order valence-corrected chi connectivity index (χ0v) is 13.4. The van der Waals surface area contributed by atoms with Crippen molar-refractivity contribution < 1.29 is 5.11 Å². The number of hydrogen-bond donors (Lipinski definition) is 1. The fraction of sp³-hybridized carbons (Fsp3) is 0.765. The summed E-state index contributed by atoms with van der Waals surface area (Å²) in [5, 5.41) is 9.98. The first-order chi connectivity index (χ1) is 8.02. The van der Waals surface area contributed by atoms with Gasteiger partial charge in [-0.25, -0.2) is 0 Å². The van der Waals surface area contributed by atoms with Crippen LogP contribution >= 0.6 is 0 Å². The van der Waals surface area contributed by atoms with Crippen LogP contribution in [0, 0.1) is 16.7 Å². The number of rotatable bonds is 3. The minimum absolute atomic E-state index is 0.142. The number of allylic oxidation sites excluding steroid dienone is 3. The Morgan fingerprint density at radius 3 is 2.22 bits per heavy atom. The van der Waals surface area contributed by atoms with Crippen LogP contribution in [0.4, 0.5) is 0 Å². The van der Waals surface area contributed by atoms with Gasteiger partial charge in [0.15, 0.2) is 0 Å². The highest BCUT2D eigenvalue weighted by Gasteiger charge is 2.38. The van der Waals surface area contributed by atoms with Crippen LogP contribution in [0.15, 0.2) is 22.8 Å². The van der Waals surface area contributed by atoms with Crippen LogP contribution in [0.5, 0.6) is 0 Å². The van der Waals surface area contributed by atoms with Crippen molar-refractivity contribution in [3.05, 3.63) is 22.8 Å². The Balaban J connectivity index is 3.12. The molecule has 0 heterocycles. The molecule has 1 aliphatic rings. The van der Waals surface area contributed by atoms with Crippen molar-refractivity contribution >= 4 is 0 Å². The largest absolute Gasteiger partial charge is 0.393 e. The molecule has 0 aromatic rings. The van der Waals surface area contributed by atoms with Crippen LogP contribution in [0.2, 0.25) is 0 Å². The first kappa shape index (κ1) is 15.5. The molecule has 2 atom stereocenters. The van der Waals surface area contributed by atoms with Gasteiger partial charge in [0.25, 0.3) is 0 Å². The highest BCUT2D eigenvalue weighted by molar-refractivity contribution is 5.30. The molecule has 0 radical (unpaired) electrons. The zero-order valence-electron chi connectivity index (χ0n) is 13.4. The molecule has 1 N–H and O–H groups in total. The standard InChI is InChI=1S/C17H30O/c1-11-9-10-15(16(11,5)6)12(2)13(3)17(7,8)14(4)18/h9,14-15,18H,10H2,1-8H3/b13-12+. The summed E-state index contributed by atoms with van der Waals surface area (Å²) in [6, 6.07) is 0. The molecule has 2 unspecified atom stereocenters. The molecule has 0 spiro atoms. The molecule has 18 heavy (non-hydrogen) atoms. The monoisotopic (exact) mass is 250 g/mol. The highest BCUT2D eigenvalue weighted by atomic mass is 16.3. The van der Waals surface area contributed by atoms with E-state index >= 15 is 0 Å². The van der Waals surface area contributed by atoms with E-state index < -0.39 is 0 Å². The SMILES string of the molecule is CC1=CCC(/C(C)=C(\C)C(C)(C)C(C)O)C1(C)C. The fourth-order valence-corrected chi connectivity index (χ4v) is 2.93. The lowest BCUT2D eigenvalue weighted by Gasteiger charge is -2.36. The molecule has 0 aromatic carbocycles. The van der Waals surface area contributed by atoms with Crippen LogP contribution in [0.1, 0.15) is 61.8 Å². The van der Waals surface area contributed by atoms with Crippen LogP contribution in [-0.4, -0.2) is 11.2 Å². The summed E-state index contributed by atoms with van der Waals surface area (Å²) in [6.45, 7) is 17.5. The van der Waals surface area contributed by atoms with Gasteiger partial charge in [0, 0.05) is 5.41 Å². The predicted octanol–water partition coefficient (Wildman–Crippen LogP) is 4.72. The molecule has 0 aromatic heterocycles. The van der Waals surface area contributed by atoms with E-state index in [4.69, 9.17) is 0 Å². The Morgan fingerprint density at radius 2 is 1.89 bits per heavy atom. The van der Waals surface area contributed by atoms with Gasteiger partial charge in [0.1, 0.15) is 0 Å². The van der Waals surface area contributed by atoms with E-state index in [2.05, 4.69) is 54.5 Å². The lowest BCUT2D eigenvalue weighted by molar-refractivity contribution is 0.0900. The van der Waals surface area contributed by atoms with Gasteiger partial charge in [-0.15, -0.1) is 0 Å². The molecular formula is C17H30O. The summed E-state index contributed by atoms with van der Waals surface area (Å²) in [5.41, 5.74) is 4.41. The van der Waals surface area contributed by atoms with E-state index in [1.807, 2.05) is 6.92 Å². The summed E-state index contributed by atoms with van der Waals surface area (Å²) >= 11 is 0. The van der Waals surface area contributed by atoms with E-state index in [0.717, 1.165) is 6.42 Å². The van der Waals surface area contributed by atoms with E-state index in [0.29, 0.717) is 5.92 Å². The first-order valence-corrected chi connectivity index (χ1v) is 7.06. The van der Waals surface area contributed by atoms with E-state index in [1.165, 1.54) is 16.7 Å². The Kier molecular flexibility index (Phi) is 4.17. The minimum Gasteiger partial charge on any atom is -0.393 e. The van der Waals surface area contributed by atoms with Crippen molar-refractivity contribution in [1.29, 1.82) is 0 Å². The lowest BCUT2D eigenvalue weighted by atomic mass is 9.69. The minimum atomic E-state index is -0.314. The van der Waals surface area contributed by atoms with Crippen molar-refractivity contribution in [1.82, 2.24) is 0 Å². The van der Waals surface area contributed by atoms with Gasteiger partial charge in [-0.2, -0.15) is 0 Å². The smallest absolute Gasteiger partial charge is 0.0600 e. The molecule has 0 bridgehead atoms. The van der Waals surface area contributed by atoms with Crippen LogP contribution in [0.25, 0.3) is 0 Å². The average molecular weight is 250 g/mol. The topological polar surface area (TPSA) is 20.2 Å². The highest BCUT2D eigenvalue weighted by Crippen LogP contribution is 2.48. The molecule has 0 amide bonds. The first-order valence-electron chi connectivity index (χ1n) is 7.06. The number of aliphatic hydroxyl groups is 1. The third kappa shape index (κ3) is 2.42. The predicted molar refractivity (Wildman–Crippen MR) is 79.5 cm³/mol. The third-order valence-corrected chi connectivity index (χ3v) is 5.67. The van der Waals surface area contributed by atoms with Crippen molar-refractivity contribution in [2.75, 3.05) is 0 Å². The maximum absolute atomic E-state index is 9.98. The van der Waals surface area contributed by atoms with Gasteiger partial charge >= 0.3 is 0 Å². The van der Waals surface area contributed by atoms with Crippen LogP contribution in [0.3, 0.4) is 0 Å². The molecule has 1 nitrogen and oxygen atoms in total. The van der Waals surface area contributed by atoms with E-state index in [1.54, 1.807) is 0 Å².